The molecule has 0 aromatic heterocycles. The van der Waals surface area contributed by atoms with Crippen molar-refractivity contribution in [1.82, 2.24) is 0 Å². The van der Waals surface area contributed by atoms with E-state index in [0.29, 0.717) is 12.7 Å². The minimum Gasteiger partial charge on any atom is -0.374 e. The minimum atomic E-state index is -0.621. The molecule has 0 spiro atoms. The molecule has 3 N–H and O–H groups in total. The summed E-state index contributed by atoms with van der Waals surface area (Å²) in [7, 11) is 0. The normalized spacial score (nSPS) is 20.9. The Labute approximate surface area is 119 Å². The maximum absolute atomic E-state index is 11.8. The second kappa shape index (κ2) is 5.54. The van der Waals surface area contributed by atoms with Gasteiger partial charge >= 0.3 is 0 Å². The fourth-order valence-electron chi connectivity index (χ4n) is 2.57. The van der Waals surface area contributed by atoms with Gasteiger partial charge in [0, 0.05) is 5.69 Å². The largest absolute Gasteiger partial charge is 0.374 e. The highest BCUT2D eigenvalue weighted by molar-refractivity contribution is 6.00. The summed E-state index contributed by atoms with van der Waals surface area (Å²) in [6.07, 6.45) is 6.95. The fraction of sp³-hybridized carbons (Fsp3) is 0.562. The lowest BCUT2D eigenvalue weighted by Crippen LogP contribution is -2.37. The first-order valence-corrected chi connectivity index (χ1v) is 7.47. The lowest BCUT2D eigenvalue weighted by Gasteiger charge is -2.12. The monoisotopic (exact) mass is 274 g/mol. The van der Waals surface area contributed by atoms with E-state index in [1.807, 2.05) is 24.3 Å². The zero-order chi connectivity index (χ0) is 14.0. The Bertz CT molecular complexity index is 474. The highest BCUT2D eigenvalue weighted by Crippen LogP contribution is 2.33. The predicted octanol–water partition coefficient (Wildman–Crippen LogP) is 2.58. The smallest absolute Gasteiger partial charge is 0.244 e. The average Bonchev–Trinajstić information content (AvgIpc) is 3.01. The molecule has 2 aliphatic carbocycles. The summed E-state index contributed by atoms with van der Waals surface area (Å²) in [6, 6.07) is 7.83. The predicted molar refractivity (Wildman–Crippen MR) is 78.3 cm³/mol. The molecule has 1 amide bonds. The maximum Gasteiger partial charge on any atom is 0.244 e. The number of amides is 1. The van der Waals surface area contributed by atoms with Crippen LogP contribution in [0.4, 0.5) is 5.69 Å². The number of hydrogen-bond donors (Lipinski definition) is 2. The number of nitrogens with two attached hydrogens (primary N) is 1. The van der Waals surface area contributed by atoms with E-state index in [9.17, 15) is 4.79 Å². The highest BCUT2D eigenvalue weighted by atomic mass is 16.5. The van der Waals surface area contributed by atoms with Crippen molar-refractivity contribution in [2.45, 2.75) is 56.8 Å². The molecule has 0 saturated heterocycles. The first kappa shape index (κ1) is 13.6. The number of carbonyl (C=O) groups is 1. The SMILES string of the molecule is NC1(C(=O)Nc2ccc(COC3CCCC3)cc2)CC1. The molecule has 2 fully saturated rings. The average molecular weight is 274 g/mol. The van der Waals surface area contributed by atoms with Crippen molar-refractivity contribution >= 4 is 11.6 Å². The molecular formula is C16H22N2O2. The second-order valence-electron chi connectivity index (χ2n) is 6.02. The third-order valence-electron chi connectivity index (χ3n) is 4.24. The van der Waals surface area contributed by atoms with E-state index in [1.165, 1.54) is 25.7 Å². The molecule has 3 rings (SSSR count). The van der Waals surface area contributed by atoms with Crippen LogP contribution in [0, 0.1) is 0 Å². The van der Waals surface area contributed by atoms with E-state index < -0.39 is 5.54 Å². The van der Waals surface area contributed by atoms with E-state index in [0.717, 1.165) is 24.1 Å². The van der Waals surface area contributed by atoms with E-state index >= 15 is 0 Å². The minimum absolute atomic E-state index is 0.0764. The van der Waals surface area contributed by atoms with Crippen LogP contribution in [0.1, 0.15) is 44.1 Å². The Hall–Kier alpha value is -1.39. The van der Waals surface area contributed by atoms with Gasteiger partial charge in [-0.1, -0.05) is 25.0 Å². The van der Waals surface area contributed by atoms with Crippen molar-refractivity contribution in [3.8, 4) is 0 Å². The number of hydrogen-bond acceptors (Lipinski definition) is 3. The molecule has 2 saturated carbocycles. The summed E-state index contributed by atoms with van der Waals surface area (Å²) >= 11 is 0. The van der Waals surface area contributed by atoms with Gasteiger partial charge in [-0.15, -0.1) is 0 Å². The van der Waals surface area contributed by atoms with Crippen LogP contribution in [0.5, 0.6) is 0 Å². The highest BCUT2D eigenvalue weighted by Gasteiger charge is 2.45. The van der Waals surface area contributed by atoms with Crippen LogP contribution in [-0.2, 0) is 16.1 Å². The zero-order valence-electron chi connectivity index (χ0n) is 11.7. The summed E-state index contributed by atoms with van der Waals surface area (Å²) in [4.78, 5) is 11.8. The Morgan fingerprint density at radius 3 is 2.50 bits per heavy atom. The number of anilines is 1. The molecule has 2 aliphatic rings. The van der Waals surface area contributed by atoms with Crippen molar-refractivity contribution in [2.75, 3.05) is 5.32 Å². The Kier molecular flexibility index (Phi) is 3.76. The van der Waals surface area contributed by atoms with Crippen molar-refractivity contribution in [2.24, 2.45) is 5.73 Å². The van der Waals surface area contributed by atoms with Crippen molar-refractivity contribution < 1.29 is 9.53 Å². The number of rotatable bonds is 5. The van der Waals surface area contributed by atoms with Gasteiger partial charge in [0.05, 0.1) is 18.2 Å². The molecule has 108 valence electrons. The Morgan fingerprint density at radius 2 is 1.90 bits per heavy atom. The van der Waals surface area contributed by atoms with E-state index in [1.54, 1.807) is 0 Å². The summed E-state index contributed by atoms with van der Waals surface area (Å²) in [5.74, 6) is -0.0764. The lowest BCUT2D eigenvalue weighted by molar-refractivity contribution is -0.118. The quantitative estimate of drug-likeness (QED) is 0.867. The molecule has 4 heteroatoms. The van der Waals surface area contributed by atoms with Gasteiger partial charge in [0.25, 0.3) is 0 Å². The van der Waals surface area contributed by atoms with Gasteiger partial charge in [-0.05, 0) is 43.4 Å². The van der Waals surface area contributed by atoms with Gasteiger partial charge in [0.15, 0.2) is 0 Å². The molecule has 0 atom stereocenters. The van der Waals surface area contributed by atoms with Crippen LogP contribution in [0.2, 0.25) is 0 Å². The maximum atomic E-state index is 11.8. The molecule has 0 bridgehead atoms. The molecule has 1 aromatic carbocycles. The molecule has 0 unspecified atom stereocenters. The van der Waals surface area contributed by atoms with Crippen molar-refractivity contribution in [1.29, 1.82) is 0 Å². The lowest BCUT2D eigenvalue weighted by atomic mass is 10.2. The third-order valence-corrected chi connectivity index (χ3v) is 4.24. The summed E-state index contributed by atoms with van der Waals surface area (Å²) in [5.41, 5.74) is 7.18. The van der Waals surface area contributed by atoms with Crippen LogP contribution in [-0.4, -0.2) is 17.6 Å². The van der Waals surface area contributed by atoms with Gasteiger partial charge in [-0.3, -0.25) is 4.79 Å². The van der Waals surface area contributed by atoms with Crippen molar-refractivity contribution in [3.05, 3.63) is 29.8 Å². The van der Waals surface area contributed by atoms with Crippen LogP contribution in [0.15, 0.2) is 24.3 Å². The van der Waals surface area contributed by atoms with Gasteiger partial charge < -0.3 is 15.8 Å². The van der Waals surface area contributed by atoms with E-state index in [4.69, 9.17) is 10.5 Å². The second-order valence-corrected chi connectivity index (χ2v) is 6.02. The topological polar surface area (TPSA) is 64.4 Å². The van der Waals surface area contributed by atoms with Gasteiger partial charge in [-0.25, -0.2) is 0 Å². The van der Waals surface area contributed by atoms with Crippen LogP contribution in [0.25, 0.3) is 0 Å². The first-order valence-electron chi connectivity index (χ1n) is 7.47. The van der Waals surface area contributed by atoms with Crippen LogP contribution >= 0.6 is 0 Å². The first-order chi connectivity index (χ1) is 9.66. The third kappa shape index (κ3) is 3.19. The molecule has 0 heterocycles. The molecule has 0 radical (unpaired) electrons. The molecule has 20 heavy (non-hydrogen) atoms. The fourth-order valence-corrected chi connectivity index (χ4v) is 2.57. The number of benzene rings is 1. The van der Waals surface area contributed by atoms with E-state index in [-0.39, 0.29) is 5.91 Å². The van der Waals surface area contributed by atoms with Crippen LogP contribution < -0.4 is 11.1 Å². The Morgan fingerprint density at radius 1 is 1.25 bits per heavy atom. The number of carbonyl (C=O) groups excluding carboxylic acids is 1. The standard InChI is InChI=1S/C16H22N2O2/c17-16(9-10-16)15(19)18-13-7-5-12(6-8-13)11-20-14-3-1-2-4-14/h5-8,14H,1-4,9-11,17H2,(H,18,19). The van der Waals surface area contributed by atoms with Crippen LogP contribution in [0.3, 0.4) is 0 Å². The number of ether oxygens (including phenoxy) is 1. The summed E-state index contributed by atoms with van der Waals surface area (Å²) < 4.78 is 5.87. The van der Waals surface area contributed by atoms with Gasteiger partial charge in [0.2, 0.25) is 5.91 Å². The molecule has 1 aromatic rings. The molecular weight excluding hydrogens is 252 g/mol. The zero-order valence-corrected chi connectivity index (χ0v) is 11.7. The van der Waals surface area contributed by atoms with E-state index in [2.05, 4.69) is 5.32 Å². The molecule has 4 nitrogen and oxygen atoms in total. The summed E-state index contributed by atoms with van der Waals surface area (Å²) in [5, 5.41) is 2.86. The van der Waals surface area contributed by atoms with Crippen molar-refractivity contribution in [3.63, 3.8) is 0 Å². The van der Waals surface area contributed by atoms with Gasteiger partial charge in [-0.2, -0.15) is 0 Å². The number of nitrogens with one attached hydrogen (secondary N) is 1. The Balaban J connectivity index is 1.50. The van der Waals surface area contributed by atoms with Gasteiger partial charge in [0.1, 0.15) is 0 Å². The molecule has 0 aliphatic heterocycles. The summed E-state index contributed by atoms with van der Waals surface area (Å²) in [6.45, 7) is 0.652.